The number of halogens is 2. The van der Waals surface area contributed by atoms with Crippen molar-refractivity contribution in [3.8, 4) is 0 Å². The normalized spacial score (nSPS) is 22.2. The molecular formula is C25H29Cl2N5O. The topological polar surface area (TPSA) is 53.4 Å². The largest absolute Gasteiger partial charge is 0.365 e. The number of anilines is 1. The Morgan fingerprint density at radius 3 is 2.76 bits per heavy atom. The maximum absolute atomic E-state index is 12.8. The van der Waals surface area contributed by atoms with E-state index >= 15 is 0 Å². The van der Waals surface area contributed by atoms with Gasteiger partial charge < -0.3 is 19.7 Å². The monoisotopic (exact) mass is 485 g/mol. The molecule has 0 aliphatic carbocycles. The number of rotatable bonds is 4. The van der Waals surface area contributed by atoms with Crippen LogP contribution in [0.1, 0.15) is 38.3 Å². The average molecular weight is 486 g/mol. The Labute approximate surface area is 204 Å². The number of imidazole rings is 1. The highest BCUT2D eigenvalue weighted by molar-refractivity contribution is 6.35. The zero-order chi connectivity index (χ0) is 23.1. The summed E-state index contributed by atoms with van der Waals surface area (Å²) in [5.41, 5.74) is 4.17. The summed E-state index contributed by atoms with van der Waals surface area (Å²) < 4.78 is 2.16. The van der Waals surface area contributed by atoms with E-state index in [2.05, 4.69) is 51.8 Å². The maximum Gasteiger partial charge on any atom is 0.239 e. The first-order chi connectivity index (χ1) is 15.9. The van der Waals surface area contributed by atoms with Crippen LogP contribution in [-0.2, 0) is 4.79 Å². The van der Waals surface area contributed by atoms with Crippen molar-refractivity contribution in [1.29, 1.82) is 0 Å². The summed E-state index contributed by atoms with van der Waals surface area (Å²) in [6.07, 6.45) is 3.90. The lowest BCUT2D eigenvalue weighted by Crippen LogP contribution is -2.56. The molecule has 1 unspecified atom stereocenters. The molecule has 3 heterocycles. The number of carbonyl (C=O) groups excluding carboxylic acids is 1. The fraction of sp³-hybridized carbons (Fsp3) is 0.440. The third kappa shape index (κ3) is 4.32. The second kappa shape index (κ2) is 9.16. The third-order valence-corrected chi connectivity index (χ3v) is 7.58. The van der Waals surface area contributed by atoms with Crippen LogP contribution in [0.15, 0.2) is 42.7 Å². The van der Waals surface area contributed by atoms with E-state index in [-0.39, 0.29) is 24.0 Å². The Hall–Kier alpha value is -2.28. The smallest absolute Gasteiger partial charge is 0.239 e. The second-order valence-electron chi connectivity index (χ2n) is 9.14. The average Bonchev–Trinajstić information content (AvgIpc) is 3.48. The predicted octanol–water partition coefficient (Wildman–Crippen LogP) is 4.74. The lowest BCUT2D eigenvalue weighted by atomic mass is 10.1. The number of fused-ring (bicyclic) bond motifs is 1. The van der Waals surface area contributed by atoms with E-state index in [0.29, 0.717) is 10.0 Å². The van der Waals surface area contributed by atoms with Crippen LogP contribution in [0.2, 0.25) is 10.0 Å². The maximum atomic E-state index is 12.8. The molecule has 3 atom stereocenters. The standard InChI is InChI=1S/C25H29Cl2N5O/c1-16-14-30(25(33)23-4-3-9-28-23)10-11-31(16)19-6-8-22-24(13-19)32(15-29-22)17(2)20-7-5-18(26)12-21(20)27/h5-8,12-13,15-17,23,28H,3-4,9-11,14H2,1-2H3/t16-,17?,23+/m0/s1. The number of piperazine rings is 1. The van der Waals surface area contributed by atoms with Crippen molar-refractivity contribution in [3.05, 3.63) is 58.3 Å². The van der Waals surface area contributed by atoms with Crippen molar-refractivity contribution in [2.75, 3.05) is 31.1 Å². The molecule has 0 saturated carbocycles. The highest BCUT2D eigenvalue weighted by Gasteiger charge is 2.32. The summed E-state index contributed by atoms with van der Waals surface area (Å²) in [4.78, 5) is 21.9. The van der Waals surface area contributed by atoms with E-state index in [1.54, 1.807) is 6.07 Å². The van der Waals surface area contributed by atoms with Crippen LogP contribution in [0.4, 0.5) is 5.69 Å². The Morgan fingerprint density at radius 1 is 1.18 bits per heavy atom. The summed E-state index contributed by atoms with van der Waals surface area (Å²) in [7, 11) is 0. The Bertz CT molecular complexity index is 1170. The van der Waals surface area contributed by atoms with Gasteiger partial charge in [0.25, 0.3) is 0 Å². The molecule has 0 spiro atoms. The van der Waals surface area contributed by atoms with Crippen LogP contribution < -0.4 is 10.2 Å². The van der Waals surface area contributed by atoms with Crippen molar-refractivity contribution >= 4 is 45.8 Å². The number of benzene rings is 2. The fourth-order valence-corrected chi connectivity index (χ4v) is 5.72. The van der Waals surface area contributed by atoms with E-state index in [4.69, 9.17) is 23.2 Å². The molecule has 1 aromatic heterocycles. The number of nitrogens with one attached hydrogen (secondary N) is 1. The van der Waals surface area contributed by atoms with Gasteiger partial charge in [-0.15, -0.1) is 0 Å². The Morgan fingerprint density at radius 2 is 2.03 bits per heavy atom. The fourth-order valence-electron chi connectivity index (χ4n) is 5.15. The van der Waals surface area contributed by atoms with Crippen LogP contribution >= 0.6 is 23.2 Å². The van der Waals surface area contributed by atoms with Gasteiger partial charge >= 0.3 is 0 Å². The molecule has 3 aromatic rings. The number of hydrogen-bond donors (Lipinski definition) is 1. The van der Waals surface area contributed by atoms with Gasteiger partial charge in [0.1, 0.15) is 0 Å². The number of nitrogens with zero attached hydrogens (tertiary/aromatic N) is 4. The molecule has 2 saturated heterocycles. The highest BCUT2D eigenvalue weighted by Crippen LogP contribution is 2.32. The molecule has 5 rings (SSSR count). The second-order valence-corrected chi connectivity index (χ2v) is 9.99. The van der Waals surface area contributed by atoms with Gasteiger partial charge in [-0.3, -0.25) is 4.79 Å². The number of aromatic nitrogens is 2. The van der Waals surface area contributed by atoms with Gasteiger partial charge in [-0.05, 0) is 69.1 Å². The first-order valence-corrected chi connectivity index (χ1v) is 12.4. The minimum Gasteiger partial charge on any atom is -0.365 e. The summed E-state index contributed by atoms with van der Waals surface area (Å²) in [6.45, 7) is 7.56. The number of carbonyl (C=O) groups is 1. The van der Waals surface area contributed by atoms with Gasteiger partial charge in [0.15, 0.2) is 0 Å². The molecule has 8 heteroatoms. The molecule has 2 aromatic carbocycles. The van der Waals surface area contributed by atoms with E-state index in [0.717, 1.165) is 61.3 Å². The molecular weight excluding hydrogens is 457 g/mol. The minimum atomic E-state index is -0.00405. The lowest BCUT2D eigenvalue weighted by Gasteiger charge is -2.42. The Balaban J connectivity index is 1.38. The van der Waals surface area contributed by atoms with Gasteiger partial charge in [-0.25, -0.2) is 4.98 Å². The van der Waals surface area contributed by atoms with Crippen molar-refractivity contribution in [2.24, 2.45) is 0 Å². The number of hydrogen-bond acceptors (Lipinski definition) is 4. The molecule has 0 radical (unpaired) electrons. The first-order valence-electron chi connectivity index (χ1n) is 11.6. The Kier molecular flexibility index (Phi) is 6.25. The summed E-state index contributed by atoms with van der Waals surface area (Å²) in [5, 5.41) is 4.62. The van der Waals surface area contributed by atoms with E-state index in [9.17, 15) is 4.79 Å². The van der Waals surface area contributed by atoms with E-state index < -0.39 is 0 Å². The minimum absolute atomic E-state index is 0.00405. The van der Waals surface area contributed by atoms with Gasteiger partial charge in [0, 0.05) is 41.4 Å². The molecule has 1 amide bonds. The molecule has 1 N–H and O–H groups in total. The molecule has 33 heavy (non-hydrogen) atoms. The summed E-state index contributed by atoms with van der Waals surface area (Å²) in [6, 6.07) is 12.3. The van der Waals surface area contributed by atoms with Crippen LogP contribution in [0.25, 0.3) is 11.0 Å². The van der Waals surface area contributed by atoms with Gasteiger partial charge in [0.2, 0.25) is 5.91 Å². The summed E-state index contributed by atoms with van der Waals surface area (Å²) in [5.74, 6) is 0.251. The highest BCUT2D eigenvalue weighted by atomic mass is 35.5. The summed E-state index contributed by atoms with van der Waals surface area (Å²) >= 11 is 12.6. The van der Waals surface area contributed by atoms with Crippen molar-refractivity contribution in [2.45, 2.75) is 44.8 Å². The molecule has 0 bridgehead atoms. The number of amides is 1. The third-order valence-electron chi connectivity index (χ3n) is 7.02. The predicted molar refractivity (Wildman–Crippen MR) is 134 cm³/mol. The molecule has 6 nitrogen and oxygen atoms in total. The van der Waals surface area contributed by atoms with Crippen molar-refractivity contribution < 1.29 is 4.79 Å². The van der Waals surface area contributed by atoms with Gasteiger partial charge in [-0.2, -0.15) is 0 Å². The quantitative estimate of drug-likeness (QED) is 0.579. The molecule has 2 aliphatic heterocycles. The zero-order valence-electron chi connectivity index (χ0n) is 19.0. The van der Waals surface area contributed by atoms with Gasteiger partial charge in [-0.1, -0.05) is 29.3 Å². The molecule has 174 valence electrons. The van der Waals surface area contributed by atoms with E-state index in [1.807, 2.05) is 23.4 Å². The molecule has 2 fully saturated rings. The van der Waals surface area contributed by atoms with Crippen molar-refractivity contribution in [3.63, 3.8) is 0 Å². The van der Waals surface area contributed by atoms with Crippen molar-refractivity contribution in [1.82, 2.24) is 19.8 Å². The zero-order valence-corrected chi connectivity index (χ0v) is 20.5. The van der Waals surface area contributed by atoms with Crippen LogP contribution in [0, 0.1) is 0 Å². The molecule has 2 aliphatic rings. The SMILES string of the molecule is CC(c1ccc(Cl)cc1Cl)n1cnc2ccc(N3CCN(C(=O)[C@H]4CCCN4)C[C@@H]3C)cc21. The van der Waals surface area contributed by atoms with Crippen LogP contribution in [-0.4, -0.2) is 58.6 Å². The van der Waals surface area contributed by atoms with Crippen LogP contribution in [0.3, 0.4) is 0 Å². The van der Waals surface area contributed by atoms with E-state index in [1.165, 1.54) is 0 Å². The lowest BCUT2D eigenvalue weighted by molar-refractivity contribution is -0.133. The van der Waals surface area contributed by atoms with Crippen LogP contribution in [0.5, 0.6) is 0 Å². The first kappa shape index (κ1) is 22.5. The van der Waals surface area contributed by atoms with Gasteiger partial charge in [0.05, 0.1) is 29.4 Å².